The van der Waals surface area contributed by atoms with Gasteiger partial charge >= 0.3 is 0 Å². The van der Waals surface area contributed by atoms with Gasteiger partial charge in [0, 0.05) is 27.2 Å². The monoisotopic (exact) mass is 489 g/mol. The van der Waals surface area contributed by atoms with Crippen molar-refractivity contribution in [2.75, 3.05) is 11.4 Å². The molecule has 3 heterocycles. The number of benzene rings is 2. The molecule has 6 nitrogen and oxygen atoms in total. The number of pyridine rings is 1. The molecule has 0 N–H and O–H groups in total. The molecule has 1 unspecified atom stereocenters. The van der Waals surface area contributed by atoms with Crippen LogP contribution in [0, 0.1) is 6.92 Å². The Hall–Kier alpha value is -3.55. The molecule has 0 saturated carbocycles. The Kier molecular flexibility index (Phi) is 5.89. The van der Waals surface area contributed by atoms with Crippen molar-refractivity contribution in [3.8, 4) is 27.7 Å². The molecule has 0 fully saturated rings. The fraction of sp³-hybridized carbons (Fsp3) is 0.154. The number of Topliss-reactive ketones (excluding diaryl/α,β-unsaturated/α-hetero) is 1. The van der Waals surface area contributed by atoms with E-state index in [9.17, 15) is 9.59 Å². The van der Waals surface area contributed by atoms with E-state index in [2.05, 4.69) is 4.98 Å². The Morgan fingerprint density at radius 2 is 1.94 bits per heavy atom. The van der Waals surface area contributed by atoms with Crippen molar-refractivity contribution in [2.45, 2.75) is 20.0 Å². The van der Waals surface area contributed by atoms with Crippen LogP contribution in [0.1, 0.15) is 22.2 Å². The molecule has 0 spiro atoms. The maximum absolute atomic E-state index is 13.0. The van der Waals surface area contributed by atoms with Crippen LogP contribution in [0.15, 0.2) is 66.9 Å². The molecule has 34 heavy (non-hydrogen) atoms. The van der Waals surface area contributed by atoms with E-state index in [1.54, 1.807) is 48.7 Å². The van der Waals surface area contributed by atoms with Gasteiger partial charge in [0.25, 0.3) is 5.91 Å². The number of rotatable bonds is 5. The number of ether oxygens (including phenoxy) is 1. The van der Waals surface area contributed by atoms with Crippen LogP contribution in [-0.4, -0.2) is 34.3 Å². The van der Waals surface area contributed by atoms with E-state index >= 15 is 0 Å². The van der Waals surface area contributed by atoms with Crippen molar-refractivity contribution in [3.05, 3.63) is 82.3 Å². The average molecular weight is 490 g/mol. The summed E-state index contributed by atoms with van der Waals surface area (Å²) in [6.45, 7) is 3.59. The van der Waals surface area contributed by atoms with Crippen LogP contribution in [0.2, 0.25) is 5.02 Å². The van der Waals surface area contributed by atoms with Crippen molar-refractivity contribution in [3.63, 3.8) is 0 Å². The van der Waals surface area contributed by atoms with Crippen LogP contribution in [0.5, 0.6) is 5.75 Å². The first-order valence-corrected chi connectivity index (χ1v) is 11.9. The maximum Gasteiger partial charge on any atom is 0.268 e. The van der Waals surface area contributed by atoms with Crippen molar-refractivity contribution in [2.24, 2.45) is 0 Å². The number of carbonyl (C=O) groups excluding carboxylic acids is 2. The molecule has 170 valence electrons. The van der Waals surface area contributed by atoms with Gasteiger partial charge in [-0.2, -0.15) is 0 Å². The number of amides is 1. The fourth-order valence-corrected chi connectivity index (χ4v) is 4.89. The lowest BCUT2D eigenvalue weighted by atomic mass is 10.1. The number of nitrogens with zero attached hydrogens (tertiary/aromatic N) is 3. The molecule has 0 radical (unpaired) electrons. The second-order valence-electron chi connectivity index (χ2n) is 7.94. The lowest BCUT2D eigenvalue weighted by Crippen LogP contribution is -2.46. The lowest BCUT2D eigenvalue weighted by Gasteiger charge is -2.33. The molecule has 0 saturated heterocycles. The highest BCUT2D eigenvalue weighted by molar-refractivity contribution is 7.15. The SMILES string of the molecule is Cc1sc(-c2ccccn2)nc1-c1ccc2c(c1)N(CC(=O)c1ccc(Cl)cc1)C(=O)C(C)O2. The second-order valence-corrected chi connectivity index (χ2v) is 9.58. The Balaban J connectivity index is 1.51. The zero-order chi connectivity index (χ0) is 23.8. The van der Waals surface area contributed by atoms with Gasteiger partial charge in [0.15, 0.2) is 11.9 Å². The van der Waals surface area contributed by atoms with E-state index in [1.165, 1.54) is 4.90 Å². The van der Waals surface area contributed by atoms with Gasteiger partial charge < -0.3 is 4.74 Å². The third-order valence-electron chi connectivity index (χ3n) is 5.59. The normalized spacial score (nSPS) is 15.1. The van der Waals surface area contributed by atoms with Gasteiger partial charge in [0.2, 0.25) is 0 Å². The molecule has 1 amide bonds. The van der Waals surface area contributed by atoms with Crippen LogP contribution in [0.25, 0.3) is 22.0 Å². The molecule has 1 aliphatic rings. The molecule has 1 aliphatic heterocycles. The number of aromatic nitrogens is 2. The van der Waals surface area contributed by atoms with Gasteiger partial charge in [-0.05, 0) is 68.4 Å². The van der Waals surface area contributed by atoms with Gasteiger partial charge in [-0.1, -0.05) is 17.7 Å². The Bertz CT molecular complexity index is 1390. The van der Waals surface area contributed by atoms with Crippen LogP contribution < -0.4 is 9.64 Å². The number of hydrogen-bond donors (Lipinski definition) is 0. The van der Waals surface area contributed by atoms with Crippen LogP contribution in [-0.2, 0) is 4.79 Å². The molecular formula is C26H20ClN3O3S. The topological polar surface area (TPSA) is 72.4 Å². The summed E-state index contributed by atoms with van der Waals surface area (Å²) in [7, 11) is 0. The minimum absolute atomic E-state index is 0.0974. The summed E-state index contributed by atoms with van der Waals surface area (Å²) in [6, 6.07) is 18.0. The number of carbonyl (C=O) groups is 2. The number of thiazole rings is 1. The molecule has 2 aromatic carbocycles. The van der Waals surface area contributed by atoms with Crippen molar-refractivity contribution in [1.29, 1.82) is 0 Å². The lowest BCUT2D eigenvalue weighted by molar-refractivity contribution is -0.125. The number of halogens is 1. The summed E-state index contributed by atoms with van der Waals surface area (Å²) in [4.78, 5) is 37.7. The first-order chi connectivity index (χ1) is 16.4. The third kappa shape index (κ3) is 4.20. The number of ketones is 1. The number of aryl methyl sites for hydroxylation is 1. The van der Waals surface area contributed by atoms with Gasteiger partial charge in [0.1, 0.15) is 10.8 Å². The van der Waals surface area contributed by atoms with Crippen molar-refractivity contribution < 1.29 is 14.3 Å². The molecule has 4 aromatic rings. The smallest absolute Gasteiger partial charge is 0.268 e. The van der Waals surface area contributed by atoms with Gasteiger partial charge in [-0.3, -0.25) is 19.5 Å². The first kappa shape index (κ1) is 22.3. The second kappa shape index (κ2) is 9.00. The van der Waals surface area contributed by atoms with E-state index in [0.717, 1.165) is 26.8 Å². The molecule has 5 rings (SSSR count). The number of fused-ring (bicyclic) bond motifs is 1. The van der Waals surface area contributed by atoms with E-state index in [0.29, 0.717) is 22.0 Å². The average Bonchev–Trinajstić information content (AvgIpc) is 3.24. The molecular weight excluding hydrogens is 470 g/mol. The van der Waals surface area contributed by atoms with E-state index in [4.69, 9.17) is 21.3 Å². The Morgan fingerprint density at radius 1 is 1.15 bits per heavy atom. The predicted octanol–water partition coefficient (Wildman–Crippen LogP) is 5.83. The highest BCUT2D eigenvalue weighted by atomic mass is 35.5. The summed E-state index contributed by atoms with van der Waals surface area (Å²) in [6.07, 6.45) is 1.05. The van der Waals surface area contributed by atoms with Crippen LogP contribution in [0.3, 0.4) is 0 Å². The van der Waals surface area contributed by atoms with Crippen LogP contribution >= 0.6 is 22.9 Å². The van der Waals surface area contributed by atoms with E-state index < -0.39 is 6.10 Å². The third-order valence-corrected chi connectivity index (χ3v) is 6.83. The molecule has 2 aromatic heterocycles. The minimum Gasteiger partial charge on any atom is -0.479 e. The maximum atomic E-state index is 13.0. The largest absolute Gasteiger partial charge is 0.479 e. The van der Waals surface area contributed by atoms with Crippen molar-refractivity contribution in [1.82, 2.24) is 9.97 Å². The summed E-state index contributed by atoms with van der Waals surface area (Å²) in [5.41, 5.74) is 3.49. The van der Waals surface area contributed by atoms with Gasteiger partial charge in [0.05, 0.1) is 23.6 Å². The Labute approximate surface area is 205 Å². The number of hydrogen-bond acceptors (Lipinski definition) is 6. The van der Waals surface area contributed by atoms with Crippen molar-refractivity contribution >= 4 is 40.3 Å². The summed E-state index contributed by atoms with van der Waals surface area (Å²) < 4.78 is 5.83. The minimum atomic E-state index is -0.687. The molecule has 8 heteroatoms. The molecule has 0 aliphatic carbocycles. The van der Waals surface area contributed by atoms with Gasteiger partial charge in [-0.15, -0.1) is 11.3 Å². The summed E-state index contributed by atoms with van der Waals surface area (Å²) >= 11 is 7.51. The predicted molar refractivity (Wildman–Crippen MR) is 134 cm³/mol. The fourth-order valence-electron chi connectivity index (χ4n) is 3.85. The number of anilines is 1. The van der Waals surface area contributed by atoms with Gasteiger partial charge in [-0.25, -0.2) is 4.98 Å². The van der Waals surface area contributed by atoms with E-state index in [1.807, 2.05) is 43.3 Å². The highest BCUT2D eigenvalue weighted by Crippen LogP contribution is 2.40. The first-order valence-electron chi connectivity index (χ1n) is 10.7. The van der Waals surface area contributed by atoms with E-state index in [-0.39, 0.29) is 18.2 Å². The van der Waals surface area contributed by atoms with Crippen LogP contribution in [0.4, 0.5) is 5.69 Å². The quantitative estimate of drug-likeness (QED) is 0.330. The zero-order valence-corrected chi connectivity index (χ0v) is 20.1. The highest BCUT2D eigenvalue weighted by Gasteiger charge is 2.33. The summed E-state index contributed by atoms with van der Waals surface area (Å²) in [5, 5.41) is 1.37. The summed E-state index contributed by atoms with van der Waals surface area (Å²) in [5.74, 6) is 0.103. The Morgan fingerprint density at radius 3 is 2.68 bits per heavy atom. The standard InChI is InChI=1S/C26H20ClN3O3S/c1-15-26(32)30(14-22(31)17-6-9-19(27)10-7-17)21-13-18(8-11-23(21)33-15)24-16(2)34-25(29-24)20-5-3-4-12-28-20/h3-13,15H,14H2,1-2H3. The molecule has 0 bridgehead atoms. The molecule has 1 atom stereocenters. The zero-order valence-electron chi connectivity index (χ0n) is 18.5.